The van der Waals surface area contributed by atoms with Gasteiger partial charge in [-0.15, -0.1) is 0 Å². The number of para-hydroxylation sites is 1. The van der Waals surface area contributed by atoms with Crippen LogP contribution in [0.2, 0.25) is 10.0 Å². The van der Waals surface area contributed by atoms with Crippen LogP contribution in [0, 0.1) is 0 Å². The number of halogens is 2. The maximum Gasteiger partial charge on any atom is 0.266 e. The molecule has 2 aliphatic heterocycles. The number of rotatable bonds is 6. The minimum absolute atomic E-state index is 0.128. The number of hydrogen-bond donors (Lipinski definition) is 0. The average Bonchev–Trinajstić information content (AvgIpc) is 3.31. The highest BCUT2D eigenvalue weighted by Gasteiger charge is 2.40. The molecule has 0 radical (unpaired) electrons. The van der Waals surface area contributed by atoms with E-state index in [0.29, 0.717) is 89.5 Å². The second-order valence-electron chi connectivity index (χ2n) is 8.59. The highest BCUT2D eigenvalue weighted by atomic mass is 35.5. The van der Waals surface area contributed by atoms with Crippen LogP contribution in [0.1, 0.15) is 25.7 Å². The quantitative estimate of drug-likeness (QED) is 0.254. The topological polar surface area (TPSA) is 73.7 Å². The van der Waals surface area contributed by atoms with Crippen LogP contribution in [0.25, 0.3) is 16.6 Å². The molecule has 3 aromatic rings. The number of thioether (sulfide) groups is 1. The van der Waals surface area contributed by atoms with E-state index >= 15 is 0 Å². The van der Waals surface area contributed by atoms with Crippen molar-refractivity contribution in [3.63, 3.8) is 0 Å². The number of carbonyl (C=O) groups is 1. The second-order valence-corrected chi connectivity index (χ2v) is 10.5. The lowest BCUT2D eigenvalue weighted by Crippen LogP contribution is -2.47. The van der Waals surface area contributed by atoms with Crippen molar-refractivity contribution in [3.8, 4) is 5.69 Å². The van der Waals surface area contributed by atoms with Crippen molar-refractivity contribution < 1.29 is 14.3 Å². The lowest BCUT2D eigenvalue weighted by atomic mass is 10.0. The van der Waals surface area contributed by atoms with Crippen molar-refractivity contribution in [2.24, 2.45) is 0 Å². The normalized spacial score (nSPS) is 17.4. The van der Waals surface area contributed by atoms with Crippen molar-refractivity contribution in [1.82, 2.24) is 14.5 Å². The smallest absolute Gasteiger partial charge is 0.266 e. The number of carbonyl (C=O) groups excluding carboxylic acids is 1. The van der Waals surface area contributed by atoms with E-state index in [1.165, 1.54) is 16.3 Å². The van der Waals surface area contributed by atoms with Crippen LogP contribution in [-0.2, 0) is 14.3 Å². The SMILES string of the molecule is O=C(CCCSc1nc2ccccc2c(=O)n1-c1ccc(Cl)cc1Cl)N1CCC2(CC1)OCCO2. The van der Waals surface area contributed by atoms with Crippen LogP contribution in [0.3, 0.4) is 0 Å². The number of aromatic nitrogens is 2. The van der Waals surface area contributed by atoms with Crippen LogP contribution in [-0.4, -0.2) is 58.2 Å². The fraction of sp³-hybridized carbons (Fsp3) is 0.400. The first-order chi connectivity index (χ1) is 17.0. The summed E-state index contributed by atoms with van der Waals surface area (Å²) < 4.78 is 13.0. The molecule has 5 rings (SSSR count). The predicted molar refractivity (Wildman–Crippen MR) is 138 cm³/mol. The number of hydrogen-bond acceptors (Lipinski definition) is 6. The Morgan fingerprint density at radius 1 is 1.09 bits per heavy atom. The van der Waals surface area contributed by atoms with Gasteiger partial charge in [0, 0.05) is 43.1 Å². The third-order valence-electron chi connectivity index (χ3n) is 6.35. The molecule has 0 unspecified atom stereocenters. The van der Waals surface area contributed by atoms with Crippen LogP contribution in [0.15, 0.2) is 52.4 Å². The molecule has 2 saturated heterocycles. The Bertz CT molecular complexity index is 1300. The summed E-state index contributed by atoms with van der Waals surface area (Å²) in [6.45, 7) is 2.54. The molecule has 0 atom stereocenters. The van der Waals surface area contributed by atoms with Gasteiger partial charge in [0.25, 0.3) is 5.56 Å². The van der Waals surface area contributed by atoms with Gasteiger partial charge < -0.3 is 14.4 Å². The zero-order valence-corrected chi connectivity index (χ0v) is 21.4. The van der Waals surface area contributed by atoms with Gasteiger partial charge in [-0.25, -0.2) is 4.98 Å². The lowest BCUT2D eigenvalue weighted by molar-refractivity contribution is -0.187. The number of piperidine rings is 1. The van der Waals surface area contributed by atoms with Gasteiger partial charge in [-0.3, -0.25) is 14.2 Å². The van der Waals surface area contributed by atoms with Crippen LogP contribution in [0.5, 0.6) is 0 Å². The highest BCUT2D eigenvalue weighted by Crippen LogP contribution is 2.32. The molecular formula is C25H25Cl2N3O4S. The maximum absolute atomic E-state index is 13.4. The molecule has 0 bridgehead atoms. The summed E-state index contributed by atoms with van der Waals surface area (Å²) >= 11 is 13.9. The van der Waals surface area contributed by atoms with Gasteiger partial charge in [0.1, 0.15) is 0 Å². The van der Waals surface area contributed by atoms with Gasteiger partial charge in [-0.1, -0.05) is 47.1 Å². The Balaban J connectivity index is 1.27. The van der Waals surface area contributed by atoms with Gasteiger partial charge >= 0.3 is 0 Å². The number of ether oxygens (including phenoxy) is 2. The molecule has 10 heteroatoms. The zero-order chi connectivity index (χ0) is 24.4. The average molecular weight is 534 g/mol. The number of benzene rings is 2. The summed E-state index contributed by atoms with van der Waals surface area (Å²) in [4.78, 5) is 32.7. The number of nitrogens with zero attached hydrogens (tertiary/aromatic N) is 3. The van der Waals surface area contributed by atoms with E-state index in [0.717, 1.165) is 0 Å². The highest BCUT2D eigenvalue weighted by molar-refractivity contribution is 7.99. The minimum Gasteiger partial charge on any atom is -0.347 e. The van der Waals surface area contributed by atoms with E-state index in [-0.39, 0.29) is 11.5 Å². The van der Waals surface area contributed by atoms with Gasteiger partial charge in [0.05, 0.1) is 34.8 Å². The number of amides is 1. The van der Waals surface area contributed by atoms with E-state index in [2.05, 4.69) is 0 Å². The Labute approximate surface area is 217 Å². The monoisotopic (exact) mass is 533 g/mol. The van der Waals surface area contributed by atoms with Crippen LogP contribution < -0.4 is 5.56 Å². The van der Waals surface area contributed by atoms with Crippen molar-refractivity contribution >= 4 is 51.8 Å². The molecule has 0 aliphatic carbocycles. The summed E-state index contributed by atoms with van der Waals surface area (Å²) in [5, 5.41) is 1.90. The van der Waals surface area contributed by atoms with Gasteiger partial charge in [0.2, 0.25) is 5.91 Å². The van der Waals surface area contributed by atoms with E-state index in [4.69, 9.17) is 37.7 Å². The van der Waals surface area contributed by atoms with Gasteiger partial charge in [0.15, 0.2) is 10.9 Å². The Morgan fingerprint density at radius 3 is 2.57 bits per heavy atom. The van der Waals surface area contributed by atoms with E-state index in [1.54, 1.807) is 24.3 Å². The molecule has 0 N–H and O–H groups in total. The Morgan fingerprint density at radius 2 is 1.83 bits per heavy atom. The second kappa shape index (κ2) is 10.5. The summed E-state index contributed by atoms with van der Waals surface area (Å²) in [6.07, 6.45) is 2.52. The third-order valence-corrected chi connectivity index (χ3v) is 7.92. The minimum atomic E-state index is -0.485. The van der Waals surface area contributed by atoms with E-state index in [9.17, 15) is 9.59 Å². The predicted octanol–water partition coefficient (Wildman–Crippen LogP) is 4.93. The van der Waals surface area contributed by atoms with Crippen LogP contribution in [0.4, 0.5) is 0 Å². The fourth-order valence-electron chi connectivity index (χ4n) is 4.51. The largest absolute Gasteiger partial charge is 0.347 e. The number of fused-ring (bicyclic) bond motifs is 1. The molecule has 2 aromatic carbocycles. The lowest BCUT2D eigenvalue weighted by Gasteiger charge is -2.37. The summed E-state index contributed by atoms with van der Waals surface area (Å²) in [6, 6.07) is 12.3. The molecule has 7 nitrogen and oxygen atoms in total. The van der Waals surface area contributed by atoms with E-state index in [1.807, 2.05) is 23.1 Å². The van der Waals surface area contributed by atoms with Crippen molar-refractivity contribution in [3.05, 3.63) is 62.9 Å². The molecule has 1 amide bonds. The molecule has 35 heavy (non-hydrogen) atoms. The first-order valence-electron chi connectivity index (χ1n) is 11.6. The van der Waals surface area contributed by atoms with Gasteiger partial charge in [-0.2, -0.15) is 0 Å². The summed E-state index contributed by atoms with van der Waals surface area (Å²) in [7, 11) is 0. The maximum atomic E-state index is 13.4. The van der Waals surface area contributed by atoms with Gasteiger partial charge in [-0.05, 0) is 36.8 Å². The molecule has 3 heterocycles. The standard InChI is InChI=1S/C25H25Cl2N3O4S/c26-17-7-8-21(19(27)16-17)30-23(32)18-4-1-2-5-20(18)28-24(30)35-15-3-6-22(31)29-11-9-25(10-12-29)33-13-14-34-25/h1-2,4-5,7-8,16H,3,6,9-15H2. The third kappa shape index (κ3) is 5.22. The van der Waals surface area contributed by atoms with Crippen LogP contribution >= 0.6 is 35.0 Å². The zero-order valence-electron chi connectivity index (χ0n) is 19.0. The molecule has 1 aromatic heterocycles. The number of likely N-dealkylation sites (tertiary alicyclic amines) is 1. The summed E-state index contributed by atoms with van der Waals surface area (Å²) in [5.41, 5.74) is 0.949. The Hall–Kier alpha value is -2.10. The van der Waals surface area contributed by atoms with Crippen molar-refractivity contribution in [2.45, 2.75) is 36.6 Å². The first-order valence-corrected chi connectivity index (χ1v) is 13.4. The molecule has 2 aliphatic rings. The molecule has 2 fully saturated rings. The molecule has 1 spiro atoms. The van der Waals surface area contributed by atoms with E-state index < -0.39 is 5.79 Å². The molecule has 0 saturated carbocycles. The van der Waals surface area contributed by atoms with Crippen molar-refractivity contribution in [1.29, 1.82) is 0 Å². The fourth-order valence-corrected chi connectivity index (χ4v) is 5.95. The summed E-state index contributed by atoms with van der Waals surface area (Å²) in [5.74, 6) is 0.273. The molecular weight excluding hydrogens is 509 g/mol. The Kier molecular flexibility index (Phi) is 7.37. The molecule has 184 valence electrons. The van der Waals surface area contributed by atoms with Crippen molar-refractivity contribution in [2.75, 3.05) is 32.1 Å². The first kappa shape index (κ1) is 24.6.